The molecule has 0 atom stereocenters. The van der Waals surface area contributed by atoms with Crippen molar-refractivity contribution in [2.24, 2.45) is 7.05 Å². The summed E-state index contributed by atoms with van der Waals surface area (Å²) in [7, 11) is 1.97. The standard InChI is InChI=1S/C12H16N2O/c1-12(2,3)11-8-9(13-14(11)4)10-6-5-7-15-10/h5-8H,1-4H3. The zero-order chi connectivity index (χ0) is 11.1. The van der Waals surface area contributed by atoms with Crippen LogP contribution in [0, 0.1) is 0 Å². The minimum Gasteiger partial charge on any atom is -0.463 e. The largest absolute Gasteiger partial charge is 0.463 e. The Bertz CT molecular complexity index is 446. The van der Waals surface area contributed by atoms with E-state index in [4.69, 9.17) is 4.42 Å². The Morgan fingerprint density at radius 3 is 2.53 bits per heavy atom. The lowest BCUT2D eigenvalue weighted by Crippen LogP contribution is -2.16. The summed E-state index contributed by atoms with van der Waals surface area (Å²) in [6.45, 7) is 6.53. The van der Waals surface area contributed by atoms with Gasteiger partial charge in [-0.25, -0.2) is 0 Å². The number of furan rings is 1. The molecule has 2 aromatic heterocycles. The molecule has 3 heteroatoms. The highest BCUT2D eigenvalue weighted by molar-refractivity contribution is 5.52. The van der Waals surface area contributed by atoms with Gasteiger partial charge in [-0.15, -0.1) is 0 Å². The fourth-order valence-electron chi connectivity index (χ4n) is 1.71. The maximum atomic E-state index is 5.32. The fourth-order valence-corrected chi connectivity index (χ4v) is 1.71. The number of rotatable bonds is 1. The molecule has 0 aliphatic rings. The maximum Gasteiger partial charge on any atom is 0.154 e. The van der Waals surface area contributed by atoms with Gasteiger partial charge in [0.05, 0.1) is 6.26 Å². The van der Waals surface area contributed by atoms with Gasteiger partial charge < -0.3 is 4.42 Å². The topological polar surface area (TPSA) is 31.0 Å². The van der Waals surface area contributed by atoms with Crippen molar-refractivity contribution in [2.45, 2.75) is 26.2 Å². The monoisotopic (exact) mass is 204 g/mol. The number of nitrogens with zero attached hydrogens (tertiary/aromatic N) is 2. The van der Waals surface area contributed by atoms with E-state index in [1.165, 1.54) is 5.69 Å². The molecule has 0 N–H and O–H groups in total. The van der Waals surface area contributed by atoms with Crippen LogP contribution in [0.3, 0.4) is 0 Å². The molecule has 0 fully saturated rings. The van der Waals surface area contributed by atoms with Gasteiger partial charge in [0, 0.05) is 18.2 Å². The van der Waals surface area contributed by atoms with Crippen molar-refractivity contribution in [3.05, 3.63) is 30.2 Å². The lowest BCUT2D eigenvalue weighted by Gasteiger charge is -2.17. The maximum absolute atomic E-state index is 5.32. The molecule has 3 nitrogen and oxygen atoms in total. The van der Waals surface area contributed by atoms with Crippen LogP contribution in [-0.2, 0) is 12.5 Å². The molecule has 0 aliphatic heterocycles. The van der Waals surface area contributed by atoms with Crippen LogP contribution in [0.1, 0.15) is 26.5 Å². The summed E-state index contributed by atoms with van der Waals surface area (Å²) in [5.74, 6) is 0.820. The minimum atomic E-state index is 0.104. The van der Waals surface area contributed by atoms with Gasteiger partial charge in [0.25, 0.3) is 0 Å². The van der Waals surface area contributed by atoms with Crippen molar-refractivity contribution in [2.75, 3.05) is 0 Å². The third kappa shape index (κ3) is 1.82. The lowest BCUT2D eigenvalue weighted by atomic mass is 9.92. The zero-order valence-corrected chi connectivity index (χ0v) is 9.61. The quantitative estimate of drug-likeness (QED) is 0.715. The van der Waals surface area contributed by atoms with E-state index in [-0.39, 0.29) is 5.41 Å². The van der Waals surface area contributed by atoms with Crippen molar-refractivity contribution in [3.63, 3.8) is 0 Å². The molecule has 0 bridgehead atoms. The molecule has 2 aromatic rings. The van der Waals surface area contributed by atoms with Crippen LogP contribution in [0.25, 0.3) is 11.5 Å². The molecule has 0 unspecified atom stereocenters. The van der Waals surface area contributed by atoms with Crippen molar-refractivity contribution in [1.29, 1.82) is 0 Å². The Balaban J connectivity index is 2.47. The van der Waals surface area contributed by atoms with Crippen LogP contribution in [0.15, 0.2) is 28.9 Å². The Morgan fingerprint density at radius 1 is 1.33 bits per heavy atom. The van der Waals surface area contributed by atoms with Crippen LogP contribution in [0.4, 0.5) is 0 Å². The van der Waals surface area contributed by atoms with Gasteiger partial charge in [0.2, 0.25) is 0 Å². The first kappa shape index (κ1) is 10.0. The molecule has 0 radical (unpaired) electrons. The van der Waals surface area contributed by atoms with Crippen LogP contribution < -0.4 is 0 Å². The van der Waals surface area contributed by atoms with E-state index in [1.54, 1.807) is 6.26 Å². The Hall–Kier alpha value is -1.51. The van der Waals surface area contributed by atoms with Crippen molar-refractivity contribution < 1.29 is 4.42 Å². The predicted octanol–water partition coefficient (Wildman–Crippen LogP) is 2.98. The Labute approximate surface area is 89.7 Å². The van der Waals surface area contributed by atoms with Gasteiger partial charge in [0.1, 0.15) is 5.69 Å². The second-order valence-electron chi connectivity index (χ2n) is 4.77. The summed E-state index contributed by atoms with van der Waals surface area (Å²) >= 11 is 0. The molecule has 15 heavy (non-hydrogen) atoms. The van der Waals surface area contributed by atoms with E-state index in [0.29, 0.717) is 0 Å². The zero-order valence-electron chi connectivity index (χ0n) is 9.61. The lowest BCUT2D eigenvalue weighted by molar-refractivity contribution is 0.522. The molecule has 0 aliphatic carbocycles. The first-order chi connectivity index (χ1) is 6.98. The van der Waals surface area contributed by atoms with Crippen molar-refractivity contribution in [1.82, 2.24) is 9.78 Å². The van der Waals surface area contributed by atoms with Gasteiger partial charge in [-0.1, -0.05) is 20.8 Å². The number of hydrogen-bond acceptors (Lipinski definition) is 2. The first-order valence-corrected chi connectivity index (χ1v) is 5.07. The fraction of sp³-hybridized carbons (Fsp3) is 0.417. The number of aryl methyl sites for hydroxylation is 1. The summed E-state index contributed by atoms with van der Waals surface area (Å²) in [6, 6.07) is 5.88. The molecular formula is C12H16N2O. The normalized spacial score (nSPS) is 12.0. The molecule has 2 rings (SSSR count). The van der Waals surface area contributed by atoms with E-state index in [9.17, 15) is 0 Å². The van der Waals surface area contributed by atoms with Crippen molar-refractivity contribution >= 4 is 0 Å². The first-order valence-electron chi connectivity index (χ1n) is 5.07. The molecule has 0 aromatic carbocycles. The molecule has 0 amide bonds. The van der Waals surface area contributed by atoms with E-state index >= 15 is 0 Å². The SMILES string of the molecule is Cn1nc(-c2ccco2)cc1C(C)(C)C. The average Bonchev–Trinajstić information content (AvgIpc) is 2.68. The van der Waals surface area contributed by atoms with Crippen LogP contribution in [0.2, 0.25) is 0 Å². The highest BCUT2D eigenvalue weighted by Gasteiger charge is 2.20. The smallest absolute Gasteiger partial charge is 0.154 e. The molecule has 80 valence electrons. The molecule has 0 saturated heterocycles. The van der Waals surface area contributed by atoms with Gasteiger partial charge in [-0.2, -0.15) is 5.10 Å². The van der Waals surface area contributed by atoms with E-state index < -0.39 is 0 Å². The van der Waals surface area contributed by atoms with Crippen LogP contribution in [-0.4, -0.2) is 9.78 Å². The van der Waals surface area contributed by atoms with E-state index in [2.05, 4.69) is 31.9 Å². The molecule has 0 spiro atoms. The summed E-state index contributed by atoms with van der Waals surface area (Å²) in [5.41, 5.74) is 2.20. The Morgan fingerprint density at radius 2 is 2.07 bits per heavy atom. The van der Waals surface area contributed by atoms with Gasteiger partial charge in [0.15, 0.2) is 5.76 Å². The predicted molar refractivity (Wildman–Crippen MR) is 59.6 cm³/mol. The van der Waals surface area contributed by atoms with E-state index in [1.807, 2.05) is 23.9 Å². The van der Waals surface area contributed by atoms with E-state index in [0.717, 1.165) is 11.5 Å². The van der Waals surface area contributed by atoms with Gasteiger partial charge in [-0.05, 0) is 18.2 Å². The molecule has 0 saturated carbocycles. The summed E-state index contributed by atoms with van der Waals surface area (Å²) < 4.78 is 7.24. The van der Waals surface area contributed by atoms with Crippen LogP contribution in [0.5, 0.6) is 0 Å². The summed E-state index contributed by atoms with van der Waals surface area (Å²) in [6.07, 6.45) is 1.67. The minimum absolute atomic E-state index is 0.104. The second-order valence-corrected chi connectivity index (χ2v) is 4.77. The van der Waals surface area contributed by atoms with Crippen LogP contribution >= 0.6 is 0 Å². The number of aromatic nitrogens is 2. The van der Waals surface area contributed by atoms with Gasteiger partial charge >= 0.3 is 0 Å². The van der Waals surface area contributed by atoms with Gasteiger partial charge in [-0.3, -0.25) is 4.68 Å². The summed E-state index contributed by atoms with van der Waals surface area (Å²) in [4.78, 5) is 0. The molecule has 2 heterocycles. The van der Waals surface area contributed by atoms with Crippen molar-refractivity contribution in [3.8, 4) is 11.5 Å². The average molecular weight is 204 g/mol. The Kier molecular flexibility index (Phi) is 2.18. The third-order valence-corrected chi connectivity index (χ3v) is 2.42. The number of hydrogen-bond donors (Lipinski definition) is 0. The highest BCUT2D eigenvalue weighted by atomic mass is 16.3. The summed E-state index contributed by atoms with van der Waals surface area (Å²) in [5, 5.41) is 4.44. The second kappa shape index (κ2) is 3.26. The molecular weight excluding hydrogens is 188 g/mol. The third-order valence-electron chi connectivity index (χ3n) is 2.42. The highest BCUT2D eigenvalue weighted by Crippen LogP contribution is 2.26.